The molecule has 3 aromatic rings. The second kappa shape index (κ2) is 6.35. The lowest BCUT2D eigenvalue weighted by Gasteiger charge is -2.02. The van der Waals surface area contributed by atoms with Gasteiger partial charge in [-0.3, -0.25) is 0 Å². The van der Waals surface area contributed by atoms with Crippen molar-refractivity contribution in [2.75, 3.05) is 0 Å². The van der Waals surface area contributed by atoms with Crippen LogP contribution in [0.4, 0.5) is 8.78 Å². The van der Waals surface area contributed by atoms with Crippen molar-refractivity contribution in [3.63, 3.8) is 0 Å². The minimum atomic E-state index is -1.12. The van der Waals surface area contributed by atoms with Gasteiger partial charge in [0.2, 0.25) is 5.82 Å². The molecule has 0 aliphatic rings. The van der Waals surface area contributed by atoms with Crippen molar-refractivity contribution in [3.05, 3.63) is 71.6 Å². The van der Waals surface area contributed by atoms with Gasteiger partial charge in [0.15, 0.2) is 18.2 Å². The summed E-state index contributed by atoms with van der Waals surface area (Å²) in [5.41, 5.74) is 0.654. The highest BCUT2D eigenvalue weighted by atomic mass is 19.2. The molecule has 1 heterocycles. The van der Waals surface area contributed by atoms with Gasteiger partial charge in [-0.15, -0.1) is 0 Å². The quantitative estimate of drug-likeness (QED) is 0.690. The predicted octanol–water partition coefficient (Wildman–Crippen LogP) is 3.37. The largest absolute Gasteiger partial charge is 0.452 e. The monoisotopic (exact) mass is 316 g/mol. The van der Waals surface area contributed by atoms with Crippen molar-refractivity contribution in [3.8, 4) is 11.4 Å². The first kappa shape index (κ1) is 14.8. The lowest BCUT2D eigenvalue weighted by molar-refractivity contribution is 0.0429. The Kier molecular flexibility index (Phi) is 4.09. The fourth-order valence-electron chi connectivity index (χ4n) is 1.85. The van der Waals surface area contributed by atoms with Gasteiger partial charge in [-0.1, -0.05) is 35.5 Å². The van der Waals surface area contributed by atoms with Gasteiger partial charge in [-0.25, -0.2) is 13.6 Å². The van der Waals surface area contributed by atoms with E-state index in [2.05, 4.69) is 10.1 Å². The first-order valence-corrected chi connectivity index (χ1v) is 6.63. The first-order chi connectivity index (χ1) is 11.1. The Morgan fingerprint density at radius 2 is 1.87 bits per heavy atom. The van der Waals surface area contributed by atoms with Crippen molar-refractivity contribution in [1.29, 1.82) is 0 Å². The number of hydrogen-bond acceptors (Lipinski definition) is 5. The normalized spacial score (nSPS) is 10.5. The van der Waals surface area contributed by atoms with Gasteiger partial charge in [-0.05, 0) is 18.2 Å². The Bertz CT molecular complexity index is 834. The number of aromatic nitrogens is 2. The third-order valence-corrected chi connectivity index (χ3v) is 2.98. The molecule has 0 saturated heterocycles. The molecule has 23 heavy (non-hydrogen) atoms. The van der Waals surface area contributed by atoms with Crippen molar-refractivity contribution in [2.24, 2.45) is 0 Å². The highest BCUT2D eigenvalue weighted by molar-refractivity contribution is 5.89. The third-order valence-electron chi connectivity index (χ3n) is 2.98. The number of nitrogens with zero attached hydrogens (tertiary/aromatic N) is 2. The van der Waals surface area contributed by atoms with Crippen molar-refractivity contribution < 1.29 is 22.8 Å². The summed E-state index contributed by atoms with van der Waals surface area (Å²) in [6.45, 7) is -0.266. The fourth-order valence-corrected chi connectivity index (χ4v) is 1.85. The second-order valence-electron chi connectivity index (χ2n) is 4.58. The Morgan fingerprint density at radius 1 is 1.09 bits per heavy atom. The Morgan fingerprint density at radius 3 is 2.61 bits per heavy atom. The van der Waals surface area contributed by atoms with E-state index in [1.807, 2.05) is 30.3 Å². The van der Waals surface area contributed by atoms with Crippen LogP contribution in [0.25, 0.3) is 11.4 Å². The number of carbonyl (C=O) groups excluding carboxylic acids is 1. The summed E-state index contributed by atoms with van der Waals surface area (Å²) in [6.07, 6.45) is 0. The smallest absolute Gasteiger partial charge is 0.338 e. The Labute approximate surface area is 129 Å². The summed E-state index contributed by atoms with van der Waals surface area (Å²) in [6, 6.07) is 11.9. The number of benzene rings is 2. The molecule has 116 valence electrons. The van der Waals surface area contributed by atoms with Crippen LogP contribution in [-0.4, -0.2) is 16.1 Å². The molecule has 3 rings (SSSR count). The molecule has 0 N–H and O–H groups in total. The van der Waals surface area contributed by atoms with Crippen LogP contribution in [0.15, 0.2) is 53.1 Å². The lowest BCUT2D eigenvalue weighted by atomic mass is 10.2. The number of halogens is 2. The van der Waals surface area contributed by atoms with Crippen molar-refractivity contribution in [1.82, 2.24) is 10.1 Å². The molecule has 5 nitrogen and oxygen atoms in total. The molecular formula is C16H10F2N2O3. The molecule has 0 aliphatic heterocycles. The maximum atomic E-state index is 13.1. The molecule has 7 heteroatoms. The molecule has 0 bridgehead atoms. The zero-order valence-electron chi connectivity index (χ0n) is 11.7. The van der Waals surface area contributed by atoms with E-state index in [0.717, 1.165) is 23.8 Å². The van der Waals surface area contributed by atoms with E-state index >= 15 is 0 Å². The number of ether oxygens (including phenoxy) is 1. The molecule has 0 aliphatic carbocycles. The maximum absolute atomic E-state index is 13.1. The van der Waals surface area contributed by atoms with Crippen LogP contribution >= 0.6 is 0 Å². The van der Waals surface area contributed by atoms with Gasteiger partial charge in [-0.2, -0.15) is 4.98 Å². The van der Waals surface area contributed by atoms with E-state index in [-0.39, 0.29) is 18.1 Å². The zero-order chi connectivity index (χ0) is 16.2. The first-order valence-electron chi connectivity index (χ1n) is 6.63. The molecule has 0 spiro atoms. The van der Waals surface area contributed by atoms with Crippen molar-refractivity contribution >= 4 is 5.97 Å². The topological polar surface area (TPSA) is 65.2 Å². The lowest BCUT2D eigenvalue weighted by Crippen LogP contribution is -2.06. The highest BCUT2D eigenvalue weighted by Crippen LogP contribution is 2.16. The van der Waals surface area contributed by atoms with Crippen LogP contribution in [0.3, 0.4) is 0 Å². The second-order valence-corrected chi connectivity index (χ2v) is 4.58. The van der Waals surface area contributed by atoms with Crippen LogP contribution in [0.5, 0.6) is 0 Å². The molecule has 0 saturated carbocycles. The van der Waals surface area contributed by atoms with Gasteiger partial charge in [0.25, 0.3) is 5.89 Å². The predicted molar refractivity (Wildman–Crippen MR) is 75.2 cm³/mol. The summed E-state index contributed by atoms with van der Waals surface area (Å²) in [5, 5.41) is 3.78. The zero-order valence-corrected chi connectivity index (χ0v) is 11.7. The number of carbonyl (C=O) groups is 1. The average molecular weight is 316 g/mol. The number of esters is 1. The van der Waals surface area contributed by atoms with Crippen molar-refractivity contribution in [2.45, 2.75) is 6.61 Å². The van der Waals surface area contributed by atoms with E-state index in [0.29, 0.717) is 5.82 Å². The molecule has 2 aromatic carbocycles. The van der Waals surface area contributed by atoms with E-state index in [9.17, 15) is 13.6 Å². The number of rotatable bonds is 4. The molecule has 0 atom stereocenters. The maximum Gasteiger partial charge on any atom is 0.338 e. The summed E-state index contributed by atoms with van der Waals surface area (Å²) < 4.78 is 35.8. The Balaban J connectivity index is 1.65. The molecule has 0 radical (unpaired) electrons. The fraction of sp³-hybridized carbons (Fsp3) is 0.0625. The summed E-state index contributed by atoms with van der Waals surface area (Å²) in [7, 11) is 0. The standard InChI is InChI=1S/C16H10F2N2O3/c17-12-7-6-11(8-13(12)18)16(21)22-9-14-19-15(20-23-14)10-4-2-1-3-5-10/h1-8H,9H2. The third kappa shape index (κ3) is 3.39. The van der Waals surface area contributed by atoms with Gasteiger partial charge >= 0.3 is 5.97 Å². The van der Waals surface area contributed by atoms with Gasteiger partial charge in [0.05, 0.1) is 5.56 Å². The van der Waals surface area contributed by atoms with Crippen LogP contribution in [-0.2, 0) is 11.3 Å². The van der Waals surface area contributed by atoms with Crippen LogP contribution in [0.1, 0.15) is 16.2 Å². The SMILES string of the molecule is O=C(OCc1nc(-c2ccccc2)no1)c1ccc(F)c(F)c1. The highest BCUT2D eigenvalue weighted by Gasteiger charge is 2.14. The minimum Gasteiger partial charge on any atom is -0.452 e. The van der Waals surface area contributed by atoms with Crippen LogP contribution in [0.2, 0.25) is 0 Å². The minimum absolute atomic E-state index is 0.0970. The van der Waals surface area contributed by atoms with E-state index in [1.54, 1.807) is 0 Å². The molecule has 0 unspecified atom stereocenters. The summed E-state index contributed by atoms with van der Waals surface area (Å²) in [5.74, 6) is -2.51. The summed E-state index contributed by atoms with van der Waals surface area (Å²) in [4.78, 5) is 15.8. The van der Waals surface area contributed by atoms with Crippen LogP contribution in [0, 0.1) is 11.6 Å². The molecule has 1 aromatic heterocycles. The number of hydrogen-bond donors (Lipinski definition) is 0. The molecule has 0 fully saturated rings. The Hall–Kier alpha value is -3.09. The summed E-state index contributed by atoms with van der Waals surface area (Å²) >= 11 is 0. The molecular weight excluding hydrogens is 306 g/mol. The van der Waals surface area contributed by atoms with E-state index < -0.39 is 17.6 Å². The van der Waals surface area contributed by atoms with Gasteiger partial charge in [0.1, 0.15) is 0 Å². The van der Waals surface area contributed by atoms with Gasteiger partial charge < -0.3 is 9.26 Å². The average Bonchev–Trinajstić information content (AvgIpc) is 3.05. The van der Waals surface area contributed by atoms with Gasteiger partial charge in [0, 0.05) is 5.56 Å². The van der Waals surface area contributed by atoms with E-state index in [4.69, 9.17) is 9.26 Å². The van der Waals surface area contributed by atoms with Crippen LogP contribution < -0.4 is 0 Å². The molecule has 0 amide bonds. The van der Waals surface area contributed by atoms with E-state index in [1.165, 1.54) is 0 Å².